The minimum Gasteiger partial charge on any atom is -0.489 e. The van der Waals surface area contributed by atoms with E-state index in [1.807, 2.05) is 36.5 Å². The number of aromatic nitrogens is 3. The number of carbonyl (C=O) groups excluding carboxylic acids is 2. The van der Waals surface area contributed by atoms with E-state index in [4.69, 9.17) is 4.74 Å². The number of anilines is 1. The van der Waals surface area contributed by atoms with Gasteiger partial charge in [-0.1, -0.05) is 18.2 Å². The van der Waals surface area contributed by atoms with Crippen molar-refractivity contribution in [2.24, 2.45) is 0 Å². The van der Waals surface area contributed by atoms with Crippen molar-refractivity contribution in [3.8, 4) is 5.75 Å². The van der Waals surface area contributed by atoms with Gasteiger partial charge in [-0.25, -0.2) is 0 Å². The van der Waals surface area contributed by atoms with E-state index in [9.17, 15) is 9.59 Å². The van der Waals surface area contributed by atoms with Crippen LogP contribution in [0.15, 0.2) is 42.6 Å². The number of benzene rings is 1. The molecule has 1 saturated carbocycles. The van der Waals surface area contributed by atoms with Gasteiger partial charge in [0.15, 0.2) is 5.65 Å². The topological polar surface area (TPSA) is 88.8 Å². The van der Waals surface area contributed by atoms with Gasteiger partial charge in [-0.2, -0.15) is 0 Å². The molecular weight excluding hydrogens is 358 g/mol. The predicted octanol–water partition coefficient (Wildman–Crippen LogP) is 1.76. The van der Waals surface area contributed by atoms with Crippen molar-refractivity contribution in [2.75, 3.05) is 18.6 Å². The lowest BCUT2D eigenvalue weighted by Gasteiger charge is -2.20. The molecule has 1 N–H and O–H groups in total. The molecule has 3 aromatic rings. The Balaban J connectivity index is 1.40. The van der Waals surface area contributed by atoms with E-state index in [0.717, 1.165) is 12.8 Å². The highest BCUT2D eigenvalue weighted by atomic mass is 16.5. The Kier molecular flexibility index (Phi) is 3.78. The summed E-state index contributed by atoms with van der Waals surface area (Å²) in [6, 6.07) is 10.4. The number of nitrogens with one attached hydrogen (secondary N) is 1. The van der Waals surface area contributed by atoms with Gasteiger partial charge in [-0.3, -0.25) is 14.0 Å². The first kappa shape index (κ1) is 16.7. The number of likely N-dealkylation sites (N-methyl/N-ethyl adjacent to an activating group) is 1. The number of hydrogen-bond donors (Lipinski definition) is 1. The number of amides is 2. The molecule has 1 aliphatic carbocycles. The van der Waals surface area contributed by atoms with Gasteiger partial charge in [-0.15, -0.1) is 10.2 Å². The zero-order valence-electron chi connectivity index (χ0n) is 15.3. The third-order valence-electron chi connectivity index (χ3n) is 5.24. The number of fused-ring (bicyclic) bond motifs is 2. The summed E-state index contributed by atoms with van der Waals surface area (Å²) < 4.78 is 7.43. The van der Waals surface area contributed by atoms with Gasteiger partial charge in [-0.05, 0) is 42.5 Å². The zero-order chi connectivity index (χ0) is 19.3. The van der Waals surface area contributed by atoms with Gasteiger partial charge >= 0.3 is 0 Å². The second-order valence-electron chi connectivity index (χ2n) is 7.19. The van der Waals surface area contributed by atoms with Crippen molar-refractivity contribution < 1.29 is 14.3 Å². The largest absolute Gasteiger partial charge is 0.489 e. The van der Waals surface area contributed by atoms with Gasteiger partial charge in [0.1, 0.15) is 18.4 Å². The van der Waals surface area contributed by atoms with Crippen LogP contribution >= 0.6 is 0 Å². The van der Waals surface area contributed by atoms with Crippen molar-refractivity contribution >= 4 is 23.1 Å². The number of rotatable bonds is 3. The van der Waals surface area contributed by atoms with Crippen molar-refractivity contribution in [1.29, 1.82) is 0 Å². The molecule has 1 aliphatic heterocycles. The van der Waals surface area contributed by atoms with Crippen LogP contribution in [0.3, 0.4) is 0 Å². The molecule has 28 heavy (non-hydrogen) atoms. The molecule has 0 radical (unpaired) electrons. The second-order valence-corrected chi connectivity index (χ2v) is 7.19. The SMILES string of the molecule is CN1C(=O)[C@@H](NC(=O)c2nnc3ccc(C4CC4)cn23)COc2ccccc21. The molecule has 1 aromatic carbocycles. The van der Waals surface area contributed by atoms with Crippen molar-refractivity contribution in [3.05, 3.63) is 54.0 Å². The summed E-state index contributed by atoms with van der Waals surface area (Å²) in [7, 11) is 1.67. The molecule has 0 bridgehead atoms. The quantitative estimate of drug-likeness (QED) is 0.751. The maximum atomic E-state index is 12.9. The molecule has 0 spiro atoms. The predicted molar refractivity (Wildman–Crippen MR) is 102 cm³/mol. The summed E-state index contributed by atoms with van der Waals surface area (Å²) in [5.74, 6) is 0.617. The molecule has 2 amide bonds. The lowest BCUT2D eigenvalue weighted by Crippen LogP contribution is -2.49. The Morgan fingerprint density at radius 2 is 2.00 bits per heavy atom. The maximum Gasteiger partial charge on any atom is 0.290 e. The minimum atomic E-state index is -0.816. The third-order valence-corrected chi connectivity index (χ3v) is 5.24. The van der Waals surface area contributed by atoms with Crippen LogP contribution < -0.4 is 15.0 Å². The molecule has 2 aromatic heterocycles. The summed E-state index contributed by atoms with van der Waals surface area (Å²) in [6.07, 6.45) is 4.24. The van der Waals surface area contributed by atoms with Crippen LogP contribution in [0.5, 0.6) is 5.75 Å². The normalized spacial score (nSPS) is 19.1. The summed E-state index contributed by atoms with van der Waals surface area (Å²) in [4.78, 5) is 27.2. The van der Waals surface area contributed by atoms with Gasteiger partial charge in [0.25, 0.3) is 11.8 Å². The summed E-state index contributed by atoms with van der Waals surface area (Å²) in [5.41, 5.74) is 2.44. The van der Waals surface area contributed by atoms with Crippen LogP contribution in [-0.2, 0) is 4.79 Å². The van der Waals surface area contributed by atoms with Crippen LogP contribution in [0, 0.1) is 0 Å². The van der Waals surface area contributed by atoms with Crippen LogP contribution in [0.25, 0.3) is 5.65 Å². The van der Waals surface area contributed by atoms with Gasteiger partial charge in [0.2, 0.25) is 5.82 Å². The zero-order valence-corrected chi connectivity index (χ0v) is 15.3. The van der Waals surface area contributed by atoms with Crippen LogP contribution in [0.1, 0.15) is 34.9 Å². The Hall–Kier alpha value is -3.42. The molecule has 0 saturated heterocycles. The first-order valence-corrected chi connectivity index (χ1v) is 9.27. The molecule has 1 fully saturated rings. The molecule has 8 nitrogen and oxygen atoms in total. The lowest BCUT2D eigenvalue weighted by molar-refractivity contribution is -0.120. The number of ether oxygens (including phenoxy) is 1. The Bertz CT molecular complexity index is 1090. The number of pyridine rings is 1. The Morgan fingerprint density at radius 1 is 1.18 bits per heavy atom. The highest BCUT2D eigenvalue weighted by Crippen LogP contribution is 2.39. The van der Waals surface area contributed by atoms with Gasteiger partial charge < -0.3 is 15.0 Å². The monoisotopic (exact) mass is 377 g/mol. The first-order valence-electron chi connectivity index (χ1n) is 9.27. The Morgan fingerprint density at radius 3 is 2.82 bits per heavy atom. The number of hydrogen-bond acceptors (Lipinski definition) is 5. The fourth-order valence-electron chi connectivity index (χ4n) is 3.50. The summed E-state index contributed by atoms with van der Waals surface area (Å²) in [5, 5.41) is 10.8. The molecule has 1 atom stereocenters. The van der Waals surface area contributed by atoms with Crippen LogP contribution in [0.2, 0.25) is 0 Å². The van der Waals surface area contributed by atoms with Gasteiger partial charge in [0, 0.05) is 13.2 Å². The standard InChI is InChI=1S/C20H19N5O3/c1-24-15-4-2-3-5-16(15)28-11-14(20(24)27)21-19(26)18-23-22-17-9-8-13(10-25(17)18)12-6-7-12/h2-5,8-10,12,14H,6-7,11H2,1H3,(H,21,26)/t14-/m0/s1. The summed E-state index contributed by atoms with van der Waals surface area (Å²) >= 11 is 0. The third kappa shape index (κ3) is 2.77. The average molecular weight is 377 g/mol. The first-order chi connectivity index (χ1) is 13.6. The highest BCUT2D eigenvalue weighted by molar-refractivity contribution is 6.02. The second kappa shape index (κ2) is 6.33. The molecule has 3 heterocycles. The molecule has 0 unspecified atom stereocenters. The molecule has 142 valence electrons. The van der Waals surface area contributed by atoms with E-state index in [-0.39, 0.29) is 18.3 Å². The van der Waals surface area contributed by atoms with Crippen LogP contribution in [-0.4, -0.2) is 46.1 Å². The fraction of sp³-hybridized carbons (Fsp3) is 0.300. The lowest BCUT2D eigenvalue weighted by atomic mass is 10.2. The van der Waals surface area contributed by atoms with E-state index in [0.29, 0.717) is 23.0 Å². The molecule has 8 heteroatoms. The number of carbonyl (C=O) groups is 2. The van der Waals surface area contributed by atoms with Gasteiger partial charge in [0.05, 0.1) is 5.69 Å². The fourth-order valence-corrected chi connectivity index (χ4v) is 3.50. The van der Waals surface area contributed by atoms with Crippen LogP contribution in [0.4, 0.5) is 5.69 Å². The van der Waals surface area contributed by atoms with E-state index in [1.165, 1.54) is 10.5 Å². The highest BCUT2D eigenvalue weighted by Gasteiger charge is 2.32. The Labute approximate surface area is 161 Å². The van der Waals surface area contributed by atoms with E-state index in [2.05, 4.69) is 15.5 Å². The van der Waals surface area contributed by atoms with Crippen molar-refractivity contribution in [1.82, 2.24) is 19.9 Å². The minimum absolute atomic E-state index is 0.0516. The van der Waals surface area contributed by atoms with Crippen molar-refractivity contribution in [3.63, 3.8) is 0 Å². The van der Waals surface area contributed by atoms with E-state index < -0.39 is 11.9 Å². The summed E-state index contributed by atoms with van der Waals surface area (Å²) in [6.45, 7) is 0.0516. The smallest absolute Gasteiger partial charge is 0.290 e. The van der Waals surface area contributed by atoms with E-state index in [1.54, 1.807) is 17.5 Å². The van der Waals surface area contributed by atoms with E-state index >= 15 is 0 Å². The van der Waals surface area contributed by atoms with Crippen molar-refractivity contribution in [2.45, 2.75) is 24.8 Å². The molecular formula is C20H19N5O3. The number of para-hydroxylation sites is 2. The molecule has 2 aliphatic rings. The average Bonchev–Trinajstić information content (AvgIpc) is 3.49. The molecule has 5 rings (SSSR count). The maximum absolute atomic E-state index is 12.9. The number of nitrogens with zero attached hydrogens (tertiary/aromatic N) is 4.